The zero-order chi connectivity index (χ0) is 13.8. The monoisotopic (exact) mass is 323 g/mol. The molecule has 0 radical (unpaired) electrons. The molecule has 19 heavy (non-hydrogen) atoms. The molecule has 0 spiro atoms. The van der Waals surface area contributed by atoms with E-state index in [1.165, 1.54) is 12.1 Å². The van der Waals surface area contributed by atoms with Gasteiger partial charge in [-0.25, -0.2) is 4.39 Å². The summed E-state index contributed by atoms with van der Waals surface area (Å²) in [6, 6.07) is 8.43. The number of pyridine rings is 1. The molecule has 2 rings (SSSR count). The van der Waals surface area contributed by atoms with E-state index in [1.54, 1.807) is 12.3 Å². The van der Waals surface area contributed by atoms with E-state index in [2.05, 4.69) is 26.3 Å². The summed E-state index contributed by atoms with van der Waals surface area (Å²) < 4.78 is 14.1. The Hall–Kier alpha value is -1.30. The van der Waals surface area contributed by atoms with Crippen molar-refractivity contribution in [2.45, 2.75) is 19.4 Å². The molecule has 0 aliphatic rings. The van der Waals surface area contributed by atoms with Crippen molar-refractivity contribution >= 4 is 15.9 Å². The smallest absolute Gasteiger partial charge is 0.123 e. The highest BCUT2D eigenvalue weighted by atomic mass is 79.9. The lowest BCUT2D eigenvalue weighted by atomic mass is 10.0. The minimum atomic E-state index is -0.254. The lowest BCUT2D eigenvalue weighted by Gasteiger charge is -2.17. The number of benzene rings is 1. The largest absolute Gasteiger partial charge is 0.271 e. The molecule has 0 fully saturated rings. The van der Waals surface area contributed by atoms with Gasteiger partial charge in [-0.1, -0.05) is 22.0 Å². The molecule has 100 valence electrons. The molecule has 3 nitrogen and oxygen atoms in total. The average molecular weight is 324 g/mol. The maximum atomic E-state index is 13.3. The second-order valence-electron chi connectivity index (χ2n) is 4.39. The predicted molar refractivity (Wildman–Crippen MR) is 76.8 cm³/mol. The SMILES string of the molecule is Cc1ccc(C(Cc2cc(F)ccc2Br)NN)cn1. The van der Waals surface area contributed by atoms with Crippen LogP contribution in [0.1, 0.15) is 22.9 Å². The van der Waals surface area contributed by atoms with Gasteiger partial charge in [-0.05, 0) is 48.7 Å². The quantitative estimate of drug-likeness (QED) is 0.671. The highest BCUT2D eigenvalue weighted by Gasteiger charge is 2.13. The number of nitrogens with zero attached hydrogens (tertiary/aromatic N) is 1. The third-order valence-corrected chi connectivity index (χ3v) is 3.74. The van der Waals surface area contributed by atoms with Crippen LogP contribution in [0, 0.1) is 12.7 Å². The standard InChI is InChI=1S/C14H15BrFN3/c1-9-2-3-10(8-18-9)14(19-17)7-11-6-12(16)4-5-13(11)15/h2-6,8,14,19H,7,17H2,1H3. The fourth-order valence-electron chi connectivity index (χ4n) is 1.88. The Morgan fingerprint density at radius 1 is 1.37 bits per heavy atom. The number of hydrogen-bond donors (Lipinski definition) is 2. The molecule has 1 aromatic heterocycles. The minimum Gasteiger partial charge on any atom is -0.271 e. The van der Waals surface area contributed by atoms with Gasteiger partial charge in [0.1, 0.15) is 5.82 Å². The predicted octanol–water partition coefficient (Wildman–Crippen LogP) is 3.04. The molecule has 0 saturated heterocycles. The molecule has 1 atom stereocenters. The van der Waals surface area contributed by atoms with Crippen LogP contribution >= 0.6 is 15.9 Å². The van der Waals surface area contributed by atoms with Gasteiger partial charge in [0.2, 0.25) is 0 Å². The van der Waals surface area contributed by atoms with Crippen LogP contribution in [0.4, 0.5) is 4.39 Å². The number of rotatable bonds is 4. The molecule has 0 aliphatic heterocycles. The summed E-state index contributed by atoms with van der Waals surface area (Å²) in [6.45, 7) is 1.93. The molecule has 2 aromatic rings. The summed E-state index contributed by atoms with van der Waals surface area (Å²) in [5.41, 5.74) is 5.54. The number of halogens is 2. The van der Waals surface area contributed by atoms with Crippen molar-refractivity contribution in [3.63, 3.8) is 0 Å². The van der Waals surface area contributed by atoms with Crippen molar-refractivity contribution < 1.29 is 4.39 Å². The second kappa shape index (κ2) is 6.23. The number of aryl methyl sites for hydroxylation is 1. The lowest BCUT2D eigenvalue weighted by molar-refractivity contribution is 0.546. The molecule has 1 heterocycles. The Balaban J connectivity index is 2.23. The van der Waals surface area contributed by atoms with Crippen LogP contribution in [-0.4, -0.2) is 4.98 Å². The first-order chi connectivity index (χ1) is 9.10. The Kier molecular flexibility index (Phi) is 4.63. The first-order valence-corrected chi connectivity index (χ1v) is 6.72. The van der Waals surface area contributed by atoms with Crippen LogP contribution < -0.4 is 11.3 Å². The van der Waals surface area contributed by atoms with Crippen molar-refractivity contribution in [1.82, 2.24) is 10.4 Å². The number of nitrogens with one attached hydrogen (secondary N) is 1. The molecule has 0 amide bonds. The van der Waals surface area contributed by atoms with Gasteiger partial charge in [-0.15, -0.1) is 0 Å². The average Bonchev–Trinajstić information content (AvgIpc) is 2.41. The van der Waals surface area contributed by atoms with Crippen LogP contribution in [0.25, 0.3) is 0 Å². The molecule has 0 saturated carbocycles. The Morgan fingerprint density at radius 3 is 2.79 bits per heavy atom. The third-order valence-electron chi connectivity index (χ3n) is 2.97. The normalized spacial score (nSPS) is 12.4. The van der Waals surface area contributed by atoms with E-state index in [9.17, 15) is 4.39 Å². The van der Waals surface area contributed by atoms with E-state index in [4.69, 9.17) is 5.84 Å². The number of nitrogens with two attached hydrogens (primary N) is 1. The zero-order valence-corrected chi connectivity index (χ0v) is 12.1. The van der Waals surface area contributed by atoms with E-state index in [0.717, 1.165) is 21.3 Å². The second-order valence-corrected chi connectivity index (χ2v) is 5.25. The van der Waals surface area contributed by atoms with Gasteiger partial charge in [-0.2, -0.15) is 0 Å². The molecule has 1 unspecified atom stereocenters. The van der Waals surface area contributed by atoms with Crippen LogP contribution in [0.2, 0.25) is 0 Å². The molecule has 3 N–H and O–H groups in total. The van der Waals surface area contributed by atoms with Crippen LogP contribution in [0.15, 0.2) is 41.0 Å². The van der Waals surface area contributed by atoms with E-state index in [-0.39, 0.29) is 11.9 Å². The van der Waals surface area contributed by atoms with Gasteiger partial charge in [-0.3, -0.25) is 16.3 Å². The summed E-state index contributed by atoms with van der Waals surface area (Å²) in [6.07, 6.45) is 2.37. The number of hydrazine groups is 1. The summed E-state index contributed by atoms with van der Waals surface area (Å²) in [5, 5.41) is 0. The Morgan fingerprint density at radius 2 is 2.16 bits per heavy atom. The summed E-state index contributed by atoms with van der Waals surface area (Å²) in [4.78, 5) is 4.25. The van der Waals surface area contributed by atoms with Crippen LogP contribution in [0.3, 0.4) is 0 Å². The van der Waals surface area contributed by atoms with Gasteiger partial charge < -0.3 is 0 Å². The maximum absolute atomic E-state index is 13.3. The third kappa shape index (κ3) is 3.59. The van der Waals surface area contributed by atoms with Crippen molar-refractivity contribution in [2.75, 3.05) is 0 Å². The van der Waals surface area contributed by atoms with Gasteiger partial charge in [0.25, 0.3) is 0 Å². The molecular formula is C14H15BrFN3. The summed E-state index contributed by atoms with van der Waals surface area (Å²) >= 11 is 3.42. The zero-order valence-electron chi connectivity index (χ0n) is 10.5. The molecular weight excluding hydrogens is 309 g/mol. The minimum absolute atomic E-state index is 0.105. The van der Waals surface area contributed by atoms with E-state index in [0.29, 0.717) is 6.42 Å². The van der Waals surface area contributed by atoms with Crippen LogP contribution in [-0.2, 0) is 6.42 Å². The van der Waals surface area contributed by atoms with Gasteiger partial charge in [0.05, 0.1) is 6.04 Å². The fourth-order valence-corrected chi connectivity index (χ4v) is 2.29. The number of hydrogen-bond acceptors (Lipinski definition) is 3. The highest BCUT2D eigenvalue weighted by molar-refractivity contribution is 9.10. The highest BCUT2D eigenvalue weighted by Crippen LogP contribution is 2.24. The van der Waals surface area contributed by atoms with Crippen molar-refractivity contribution in [3.05, 3.63) is 63.6 Å². The Bertz CT molecular complexity index is 557. The summed E-state index contributed by atoms with van der Waals surface area (Å²) in [7, 11) is 0. The Labute approximate surface area is 120 Å². The molecule has 5 heteroatoms. The first-order valence-electron chi connectivity index (χ1n) is 5.92. The van der Waals surface area contributed by atoms with Crippen LogP contribution in [0.5, 0.6) is 0 Å². The topological polar surface area (TPSA) is 50.9 Å². The first kappa shape index (κ1) is 14.1. The van der Waals surface area contributed by atoms with Gasteiger partial charge in [0.15, 0.2) is 0 Å². The van der Waals surface area contributed by atoms with E-state index < -0.39 is 0 Å². The fraction of sp³-hybridized carbons (Fsp3) is 0.214. The van der Waals surface area contributed by atoms with Crippen molar-refractivity contribution in [2.24, 2.45) is 5.84 Å². The van der Waals surface area contributed by atoms with Gasteiger partial charge >= 0.3 is 0 Å². The van der Waals surface area contributed by atoms with Crippen molar-refractivity contribution in [3.8, 4) is 0 Å². The number of aromatic nitrogens is 1. The molecule has 0 bridgehead atoms. The molecule has 1 aromatic carbocycles. The lowest BCUT2D eigenvalue weighted by Crippen LogP contribution is -2.29. The van der Waals surface area contributed by atoms with E-state index >= 15 is 0 Å². The maximum Gasteiger partial charge on any atom is 0.123 e. The molecule has 0 aliphatic carbocycles. The van der Waals surface area contributed by atoms with E-state index in [1.807, 2.05) is 19.1 Å². The summed E-state index contributed by atoms with van der Waals surface area (Å²) in [5.74, 6) is 5.34. The van der Waals surface area contributed by atoms with Gasteiger partial charge in [0, 0.05) is 16.4 Å². The van der Waals surface area contributed by atoms with Crippen molar-refractivity contribution in [1.29, 1.82) is 0 Å².